The van der Waals surface area contributed by atoms with Gasteiger partial charge in [-0.3, -0.25) is 0 Å². The van der Waals surface area contributed by atoms with E-state index in [1.54, 1.807) is 6.07 Å². The summed E-state index contributed by atoms with van der Waals surface area (Å²) in [7, 11) is 0. The fourth-order valence-electron chi connectivity index (χ4n) is 2.66. The van der Waals surface area contributed by atoms with Crippen molar-refractivity contribution in [2.24, 2.45) is 0 Å². The van der Waals surface area contributed by atoms with Crippen LogP contribution in [0.25, 0.3) is 22.6 Å². The first-order valence-corrected chi connectivity index (χ1v) is 9.33. The molecule has 4 aromatic rings. The van der Waals surface area contributed by atoms with Crippen LogP contribution in [0.5, 0.6) is 0 Å². The normalized spacial score (nSPS) is 11.9. The molecule has 0 bridgehead atoms. The highest BCUT2D eigenvalue weighted by molar-refractivity contribution is 14.1. The van der Waals surface area contributed by atoms with E-state index < -0.39 is 11.7 Å². The molecule has 0 aliphatic heterocycles. The van der Waals surface area contributed by atoms with Gasteiger partial charge in [0, 0.05) is 21.2 Å². The molecule has 0 atom stereocenters. The van der Waals surface area contributed by atoms with Gasteiger partial charge in [0.15, 0.2) is 5.76 Å². The number of tetrazole rings is 1. The number of H-pyrrole nitrogens is 1. The summed E-state index contributed by atoms with van der Waals surface area (Å²) in [5.74, 6) is 0.809. The van der Waals surface area contributed by atoms with E-state index in [4.69, 9.17) is 16.0 Å². The first-order chi connectivity index (χ1) is 13.3. The van der Waals surface area contributed by atoms with Gasteiger partial charge in [-0.05, 0) is 69.8 Å². The Kier molecular flexibility index (Phi) is 4.91. The minimum atomic E-state index is -4.51. The molecule has 144 valence electrons. The summed E-state index contributed by atoms with van der Waals surface area (Å²) in [6.07, 6.45) is -4.51. The molecule has 2 heterocycles. The van der Waals surface area contributed by atoms with Crippen LogP contribution in [0.4, 0.5) is 18.9 Å². The van der Waals surface area contributed by atoms with Gasteiger partial charge in [-0.2, -0.15) is 18.4 Å². The highest BCUT2D eigenvalue weighted by Gasteiger charge is 2.33. The second-order valence-corrected chi connectivity index (χ2v) is 7.44. The third-order valence-electron chi connectivity index (χ3n) is 4.01. The highest BCUT2D eigenvalue weighted by Crippen LogP contribution is 2.36. The van der Waals surface area contributed by atoms with Crippen molar-refractivity contribution in [2.75, 3.05) is 5.32 Å². The van der Waals surface area contributed by atoms with Gasteiger partial charge in [0.25, 0.3) is 0 Å². The van der Waals surface area contributed by atoms with E-state index in [-0.39, 0.29) is 5.02 Å². The SMILES string of the molecule is FC(F)(F)c1cc(NCc2cc3oc(-c4nn[nH]n4)cc3cc2I)ccc1Cl. The molecule has 2 aromatic heterocycles. The van der Waals surface area contributed by atoms with E-state index in [0.29, 0.717) is 29.4 Å². The van der Waals surface area contributed by atoms with E-state index in [2.05, 4.69) is 48.5 Å². The number of nitrogens with one attached hydrogen (secondary N) is 2. The average molecular weight is 520 g/mol. The summed E-state index contributed by atoms with van der Waals surface area (Å²) in [6, 6.07) is 9.27. The maximum Gasteiger partial charge on any atom is 0.417 e. The number of aromatic amines is 1. The number of hydrogen-bond acceptors (Lipinski definition) is 5. The predicted octanol–water partition coefficient (Wildman–Crippen LogP) is 5.50. The molecule has 0 amide bonds. The van der Waals surface area contributed by atoms with Crippen LogP contribution in [0.2, 0.25) is 5.02 Å². The van der Waals surface area contributed by atoms with E-state index in [0.717, 1.165) is 20.6 Å². The Hall–Kier alpha value is -2.34. The quantitative estimate of drug-likeness (QED) is 0.348. The molecule has 11 heteroatoms. The smallest absolute Gasteiger partial charge is 0.417 e. The zero-order chi connectivity index (χ0) is 19.9. The fourth-order valence-corrected chi connectivity index (χ4v) is 3.57. The summed E-state index contributed by atoms with van der Waals surface area (Å²) in [5.41, 5.74) is 0.925. The van der Waals surface area contributed by atoms with E-state index in [9.17, 15) is 13.2 Å². The molecule has 28 heavy (non-hydrogen) atoms. The zero-order valence-corrected chi connectivity index (χ0v) is 16.7. The lowest BCUT2D eigenvalue weighted by Gasteiger charge is -2.13. The lowest BCUT2D eigenvalue weighted by atomic mass is 10.1. The first kappa shape index (κ1) is 19.0. The van der Waals surface area contributed by atoms with Gasteiger partial charge in [-0.15, -0.1) is 10.2 Å². The van der Waals surface area contributed by atoms with Crippen LogP contribution in [0.15, 0.2) is 40.8 Å². The lowest BCUT2D eigenvalue weighted by molar-refractivity contribution is -0.137. The van der Waals surface area contributed by atoms with Crippen LogP contribution >= 0.6 is 34.2 Å². The van der Waals surface area contributed by atoms with Crippen molar-refractivity contribution < 1.29 is 17.6 Å². The van der Waals surface area contributed by atoms with Crippen LogP contribution in [-0.4, -0.2) is 20.6 Å². The molecule has 2 N–H and O–H groups in total. The number of furan rings is 1. The molecule has 0 spiro atoms. The van der Waals surface area contributed by atoms with Gasteiger partial charge >= 0.3 is 6.18 Å². The molecule has 2 aromatic carbocycles. The monoisotopic (exact) mass is 519 g/mol. The number of nitrogens with zero attached hydrogens (tertiary/aromatic N) is 3. The van der Waals surface area contributed by atoms with Crippen LogP contribution in [-0.2, 0) is 12.7 Å². The van der Waals surface area contributed by atoms with Crippen molar-refractivity contribution in [1.82, 2.24) is 20.6 Å². The Morgan fingerprint density at radius 3 is 2.71 bits per heavy atom. The Bertz CT molecular complexity index is 1140. The van der Waals surface area contributed by atoms with Crippen molar-refractivity contribution in [2.45, 2.75) is 12.7 Å². The number of halogens is 5. The van der Waals surface area contributed by atoms with Gasteiger partial charge in [0.05, 0.1) is 10.6 Å². The molecule has 4 rings (SSSR count). The number of benzene rings is 2. The van der Waals surface area contributed by atoms with Crippen molar-refractivity contribution in [1.29, 1.82) is 0 Å². The third-order valence-corrected chi connectivity index (χ3v) is 5.34. The van der Waals surface area contributed by atoms with Crippen LogP contribution in [0.1, 0.15) is 11.1 Å². The van der Waals surface area contributed by atoms with Gasteiger partial charge in [0.1, 0.15) is 5.58 Å². The number of anilines is 1. The maximum atomic E-state index is 13.0. The Morgan fingerprint density at radius 1 is 1.18 bits per heavy atom. The lowest BCUT2D eigenvalue weighted by Crippen LogP contribution is -2.08. The number of rotatable bonds is 4. The molecule has 0 fully saturated rings. The number of aromatic nitrogens is 4. The molecule has 0 saturated carbocycles. The van der Waals surface area contributed by atoms with E-state index in [1.807, 2.05) is 12.1 Å². The minimum Gasteiger partial charge on any atom is -0.453 e. The second-order valence-electron chi connectivity index (χ2n) is 5.87. The Morgan fingerprint density at radius 2 is 2.00 bits per heavy atom. The summed E-state index contributed by atoms with van der Waals surface area (Å²) < 4.78 is 45.7. The summed E-state index contributed by atoms with van der Waals surface area (Å²) in [5, 5.41) is 17.1. The topological polar surface area (TPSA) is 79.6 Å². The molecule has 0 saturated heterocycles. The standard InChI is InChI=1S/C17H10ClF3IN5O/c18-12-2-1-10(6-11(12)17(19,20)21)23-7-9-5-14-8(3-13(9)22)4-15(28-14)16-24-26-27-25-16/h1-6,23H,7H2,(H,24,25,26,27). The average Bonchev–Trinajstić information content (AvgIpc) is 3.29. The first-order valence-electron chi connectivity index (χ1n) is 7.87. The Labute approximate surface area is 174 Å². The largest absolute Gasteiger partial charge is 0.453 e. The molecular formula is C17H10ClF3IN5O. The molecule has 0 aliphatic rings. The molecule has 0 aliphatic carbocycles. The van der Waals surface area contributed by atoms with Crippen molar-refractivity contribution >= 4 is 50.8 Å². The third kappa shape index (κ3) is 3.78. The van der Waals surface area contributed by atoms with E-state index >= 15 is 0 Å². The van der Waals surface area contributed by atoms with Crippen LogP contribution in [0.3, 0.4) is 0 Å². The van der Waals surface area contributed by atoms with E-state index in [1.165, 1.54) is 12.1 Å². The minimum absolute atomic E-state index is 0.311. The van der Waals surface area contributed by atoms with Gasteiger partial charge < -0.3 is 9.73 Å². The Balaban J connectivity index is 1.59. The van der Waals surface area contributed by atoms with Gasteiger partial charge in [0.2, 0.25) is 5.82 Å². The molecule has 0 radical (unpaired) electrons. The summed E-state index contributed by atoms with van der Waals surface area (Å²) in [4.78, 5) is 0. The predicted molar refractivity (Wildman–Crippen MR) is 106 cm³/mol. The van der Waals surface area contributed by atoms with Crippen molar-refractivity contribution in [3.63, 3.8) is 0 Å². The molecule has 0 unspecified atom stereocenters. The number of alkyl halides is 3. The second kappa shape index (κ2) is 7.24. The van der Waals surface area contributed by atoms with Crippen LogP contribution < -0.4 is 5.32 Å². The summed E-state index contributed by atoms with van der Waals surface area (Å²) in [6.45, 7) is 0.311. The molecular weight excluding hydrogens is 510 g/mol. The fraction of sp³-hybridized carbons (Fsp3) is 0.118. The maximum absolute atomic E-state index is 13.0. The van der Waals surface area contributed by atoms with Crippen molar-refractivity contribution in [3.8, 4) is 11.6 Å². The van der Waals surface area contributed by atoms with Gasteiger partial charge in [-0.1, -0.05) is 11.6 Å². The van der Waals surface area contributed by atoms with Gasteiger partial charge in [-0.25, -0.2) is 0 Å². The zero-order valence-electron chi connectivity index (χ0n) is 13.8. The number of hydrogen-bond donors (Lipinski definition) is 2. The van der Waals surface area contributed by atoms with Crippen LogP contribution in [0, 0.1) is 3.57 Å². The highest BCUT2D eigenvalue weighted by atomic mass is 127. The van der Waals surface area contributed by atoms with Crippen molar-refractivity contribution in [3.05, 3.63) is 56.1 Å². The number of fused-ring (bicyclic) bond motifs is 1. The summed E-state index contributed by atoms with van der Waals surface area (Å²) >= 11 is 7.82. The molecule has 6 nitrogen and oxygen atoms in total.